The first kappa shape index (κ1) is 20.9. The molecular formula is C15H17N5O7S2. The van der Waals surface area contributed by atoms with Crippen LogP contribution in [0.2, 0.25) is 0 Å². The van der Waals surface area contributed by atoms with E-state index in [-0.39, 0.29) is 23.1 Å². The zero-order valence-electron chi connectivity index (χ0n) is 15.2. The fourth-order valence-corrected chi connectivity index (χ4v) is 4.46. The van der Waals surface area contributed by atoms with Crippen LogP contribution in [0.5, 0.6) is 0 Å². The van der Waals surface area contributed by atoms with Gasteiger partial charge in [-0.2, -0.15) is 0 Å². The number of β-lactam (4-membered cyclic amide) rings is 1. The Bertz CT molecular complexity index is 915. The van der Waals surface area contributed by atoms with Gasteiger partial charge in [0.05, 0.1) is 0 Å². The summed E-state index contributed by atoms with van der Waals surface area (Å²) in [5.41, 5.74) is 3.57. The van der Waals surface area contributed by atoms with Crippen molar-refractivity contribution >= 4 is 57.7 Å². The molecule has 3 heterocycles. The predicted molar refractivity (Wildman–Crippen MR) is 102 cm³/mol. The number of nitrogens with zero attached hydrogens (tertiary/aromatic N) is 3. The van der Waals surface area contributed by atoms with Crippen molar-refractivity contribution in [1.82, 2.24) is 15.2 Å². The normalized spacial score (nSPS) is 23.9. The molecule has 156 valence electrons. The Morgan fingerprint density at radius 3 is 2.66 bits per heavy atom. The number of oxime groups is 1. The van der Waals surface area contributed by atoms with Gasteiger partial charge in [0.15, 0.2) is 10.8 Å². The van der Waals surface area contributed by atoms with E-state index in [4.69, 9.17) is 20.8 Å². The van der Waals surface area contributed by atoms with Crippen LogP contribution in [0, 0.1) is 0 Å². The second-order valence-electron chi connectivity index (χ2n) is 6.71. The number of thioether (sulfide) groups is 1. The minimum Gasteiger partial charge on any atom is -0.480 e. The van der Waals surface area contributed by atoms with Crippen LogP contribution in [0.25, 0.3) is 0 Å². The minimum absolute atomic E-state index is 0.0531. The minimum atomic E-state index is -1.72. The molecule has 29 heavy (non-hydrogen) atoms. The van der Waals surface area contributed by atoms with Crippen LogP contribution in [0.3, 0.4) is 0 Å². The maximum absolute atomic E-state index is 12.8. The summed E-state index contributed by atoms with van der Waals surface area (Å²) in [5.74, 6) is -3.57. The Morgan fingerprint density at radius 1 is 1.41 bits per heavy atom. The topological polar surface area (TPSA) is 185 Å². The number of nitrogen functional groups attached to an aromatic ring is 1. The highest BCUT2D eigenvalue weighted by Crippen LogP contribution is 2.40. The molecule has 0 spiro atoms. The molecule has 2 saturated heterocycles. The average Bonchev–Trinajstić information content (AvgIpc) is 3.24. The van der Waals surface area contributed by atoms with Gasteiger partial charge >= 0.3 is 11.9 Å². The number of fused-ring (bicyclic) bond motifs is 1. The van der Waals surface area contributed by atoms with Gasteiger partial charge in [-0.25, -0.2) is 9.78 Å². The molecule has 3 atom stereocenters. The van der Waals surface area contributed by atoms with Crippen LogP contribution in [-0.4, -0.2) is 78.4 Å². The Kier molecular flexibility index (Phi) is 5.40. The number of carboxylic acid groups (broad SMARTS) is 2. The molecule has 2 aliphatic rings. The number of hydrogen-bond acceptors (Lipinski definition) is 10. The Balaban J connectivity index is 1.78. The van der Waals surface area contributed by atoms with Crippen LogP contribution in [0.4, 0.5) is 5.13 Å². The van der Waals surface area contributed by atoms with E-state index in [2.05, 4.69) is 15.5 Å². The van der Waals surface area contributed by atoms with Gasteiger partial charge in [-0.05, 0) is 13.8 Å². The number of aromatic nitrogens is 1. The summed E-state index contributed by atoms with van der Waals surface area (Å²) in [4.78, 5) is 57.7. The average molecular weight is 443 g/mol. The number of nitrogens with one attached hydrogen (secondary N) is 1. The monoisotopic (exact) mass is 443 g/mol. The van der Waals surface area contributed by atoms with Gasteiger partial charge in [0.2, 0.25) is 11.5 Å². The number of aliphatic carboxylic acids is 2. The summed E-state index contributed by atoms with van der Waals surface area (Å²) in [6.45, 7) is 2.56. The van der Waals surface area contributed by atoms with Crippen molar-refractivity contribution in [3.63, 3.8) is 0 Å². The summed E-state index contributed by atoms with van der Waals surface area (Å²) >= 11 is 2.10. The summed E-state index contributed by atoms with van der Waals surface area (Å²) in [5, 5.41) is 24.7. The summed E-state index contributed by atoms with van der Waals surface area (Å²) < 4.78 is 0. The van der Waals surface area contributed by atoms with Gasteiger partial charge < -0.3 is 31.0 Å². The molecule has 0 bridgehead atoms. The van der Waals surface area contributed by atoms with E-state index in [9.17, 15) is 19.2 Å². The van der Waals surface area contributed by atoms with Crippen LogP contribution < -0.4 is 11.1 Å². The lowest BCUT2D eigenvalue weighted by atomic mass is 10.1. The molecule has 0 aliphatic carbocycles. The van der Waals surface area contributed by atoms with E-state index in [0.29, 0.717) is 0 Å². The molecule has 0 saturated carbocycles. The van der Waals surface area contributed by atoms with Gasteiger partial charge in [-0.3, -0.25) is 14.4 Å². The van der Waals surface area contributed by atoms with Gasteiger partial charge in [-0.15, -0.1) is 23.1 Å². The Labute approximate surface area is 172 Å². The molecule has 5 N–H and O–H groups in total. The Morgan fingerprint density at radius 2 is 2.10 bits per heavy atom. The molecule has 14 heteroatoms. The third-order valence-electron chi connectivity index (χ3n) is 4.23. The second kappa shape index (κ2) is 7.51. The largest absolute Gasteiger partial charge is 0.480 e. The van der Waals surface area contributed by atoms with E-state index in [1.165, 1.54) is 24.1 Å². The lowest BCUT2D eigenvalue weighted by Gasteiger charge is -2.41. The van der Waals surface area contributed by atoms with Gasteiger partial charge in [-0.1, -0.05) is 5.16 Å². The zero-order valence-corrected chi connectivity index (χ0v) is 16.8. The van der Waals surface area contributed by atoms with Crippen molar-refractivity contribution in [2.45, 2.75) is 36.1 Å². The Hall–Kier alpha value is -2.87. The fraction of sp³-hybridized carbons (Fsp3) is 0.467. The molecule has 2 amide bonds. The number of carboxylic acids is 2. The smallest absolute Gasteiger partial charge is 0.350 e. The van der Waals surface area contributed by atoms with Crippen molar-refractivity contribution in [3.8, 4) is 0 Å². The molecule has 12 nitrogen and oxygen atoms in total. The first-order chi connectivity index (χ1) is 13.5. The number of carbonyl (C=O) groups excluding carboxylic acids is 2. The molecule has 1 aromatic heterocycles. The van der Waals surface area contributed by atoms with Gasteiger partial charge in [0.1, 0.15) is 22.4 Å². The van der Waals surface area contributed by atoms with Crippen molar-refractivity contribution in [2.75, 3.05) is 12.3 Å². The van der Waals surface area contributed by atoms with Crippen molar-refractivity contribution in [1.29, 1.82) is 0 Å². The number of anilines is 1. The van der Waals surface area contributed by atoms with Crippen LogP contribution in [0.15, 0.2) is 10.5 Å². The van der Waals surface area contributed by atoms with E-state index < -0.39 is 46.0 Å². The third kappa shape index (κ3) is 3.98. The number of hydrogen-bond donors (Lipinski definition) is 4. The molecule has 1 aromatic rings. The molecule has 2 fully saturated rings. The summed E-state index contributed by atoms with van der Waals surface area (Å²) in [6, 6.07) is -0.939. The van der Waals surface area contributed by atoms with Crippen LogP contribution >= 0.6 is 23.1 Å². The lowest BCUT2D eigenvalue weighted by molar-refractivity contribution is -0.161. The first-order valence-electron chi connectivity index (χ1n) is 8.22. The quantitative estimate of drug-likeness (QED) is 0.235. The highest BCUT2D eigenvalue weighted by atomic mass is 32.2. The van der Waals surface area contributed by atoms with Crippen molar-refractivity contribution in [2.24, 2.45) is 5.16 Å². The molecular weight excluding hydrogens is 426 g/mol. The SMILES string of the molecule is CC(C)(O/N=C(\C(=O)NC1C(=O)N2CC(C(=O)O)S[C@H]12)c1csc(N)n1)C(=O)O. The van der Waals surface area contributed by atoms with Crippen molar-refractivity contribution in [3.05, 3.63) is 11.1 Å². The third-order valence-corrected chi connectivity index (χ3v) is 6.39. The zero-order chi connectivity index (χ0) is 21.5. The number of rotatable bonds is 7. The predicted octanol–water partition coefficient (Wildman–Crippen LogP) is -0.838. The summed E-state index contributed by atoms with van der Waals surface area (Å²) in [6.07, 6.45) is 0. The van der Waals surface area contributed by atoms with E-state index in [0.717, 1.165) is 23.1 Å². The number of nitrogens with two attached hydrogens (primary N) is 1. The number of carbonyl (C=O) groups is 4. The molecule has 0 aromatic carbocycles. The van der Waals surface area contributed by atoms with Gasteiger partial charge in [0, 0.05) is 11.9 Å². The van der Waals surface area contributed by atoms with Crippen LogP contribution in [0.1, 0.15) is 19.5 Å². The van der Waals surface area contributed by atoms with E-state index >= 15 is 0 Å². The highest BCUT2D eigenvalue weighted by molar-refractivity contribution is 8.01. The molecule has 2 unspecified atom stereocenters. The summed E-state index contributed by atoms with van der Waals surface area (Å²) in [7, 11) is 0. The highest BCUT2D eigenvalue weighted by Gasteiger charge is 2.55. The lowest BCUT2D eigenvalue weighted by Crippen LogP contribution is -2.67. The number of amides is 2. The number of thiazole rings is 1. The first-order valence-corrected chi connectivity index (χ1v) is 10.0. The molecule has 0 radical (unpaired) electrons. The van der Waals surface area contributed by atoms with Gasteiger partial charge in [0.25, 0.3) is 5.91 Å². The van der Waals surface area contributed by atoms with E-state index in [1.54, 1.807) is 0 Å². The fourth-order valence-electron chi connectivity index (χ4n) is 2.54. The molecule has 2 aliphatic heterocycles. The molecule has 3 rings (SSSR count). The standard InChI is InChI=1S/C15H17N5O7S2/c1-15(2,13(25)26)27-19-7(5-4-28-14(16)17-5)9(21)18-8-10(22)20-3-6(12(23)24)29-11(8)20/h4,6,8,11H,3H2,1-2H3,(H2,16,17)(H,18,21)(H,23,24)(H,25,26)/b19-7-/t6?,8?,11-/m1/s1. The second-order valence-corrected chi connectivity index (χ2v) is 8.93. The van der Waals surface area contributed by atoms with Crippen LogP contribution in [-0.2, 0) is 24.0 Å². The maximum Gasteiger partial charge on any atom is 0.350 e. The maximum atomic E-state index is 12.8. The van der Waals surface area contributed by atoms with Crippen molar-refractivity contribution < 1.29 is 34.2 Å². The van der Waals surface area contributed by atoms with E-state index in [1.807, 2.05) is 0 Å².